The molecule has 3 rings (SSSR count). The van der Waals surface area contributed by atoms with Gasteiger partial charge in [0.1, 0.15) is 0 Å². The zero-order valence-corrected chi connectivity index (χ0v) is 16.1. The number of likely N-dealkylation sites (tertiary alicyclic amines) is 1. The predicted octanol–water partition coefficient (Wildman–Crippen LogP) is 1.55. The molecule has 7 heteroatoms. The topological polar surface area (TPSA) is 73.0 Å². The molecule has 7 nitrogen and oxygen atoms in total. The van der Waals surface area contributed by atoms with Crippen LogP contribution in [0.2, 0.25) is 0 Å². The first kappa shape index (κ1) is 19.4. The number of anilines is 2. The second-order valence-corrected chi connectivity index (χ2v) is 7.53. The van der Waals surface area contributed by atoms with Crippen LogP contribution in [0.4, 0.5) is 11.4 Å². The lowest BCUT2D eigenvalue weighted by molar-refractivity contribution is -0.134. The standard InChI is InChI=1S/C20H28N4O3/c1-22(2)20(27)15-8-11-23(12-9-15)14-18(25)21-16-5-3-6-17(13-16)24-10-4-7-19(24)26/h3,5-6,13,15H,4,7-12,14H2,1-2H3,(H,21,25). The smallest absolute Gasteiger partial charge is 0.238 e. The maximum atomic E-state index is 12.4. The largest absolute Gasteiger partial charge is 0.349 e. The van der Waals surface area contributed by atoms with Crippen molar-refractivity contribution in [3.8, 4) is 0 Å². The van der Waals surface area contributed by atoms with Crippen molar-refractivity contribution in [3.63, 3.8) is 0 Å². The van der Waals surface area contributed by atoms with Gasteiger partial charge in [-0.15, -0.1) is 0 Å². The van der Waals surface area contributed by atoms with Gasteiger partial charge >= 0.3 is 0 Å². The van der Waals surface area contributed by atoms with Crippen LogP contribution in [0.25, 0.3) is 0 Å². The average Bonchev–Trinajstić information content (AvgIpc) is 3.08. The Morgan fingerprint density at radius 2 is 1.93 bits per heavy atom. The lowest BCUT2D eigenvalue weighted by atomic mass is 9.95. The molecule has 27 heavy (non-hydrogen) atoms. The van der Waals surface area contributed by atoms with E-state index in [4.69, 9.17) is 0 Å². The fourth-order valence-corrected chi connectivity index (χ4v) is 3.78. The van der Waals surface area contributed by atoms with Crippen molar-refractivity contribution in [2.24, 2.45) is 5.92 Å². The first-order valence-electron chi connectivity index (χ1n) is 9.58. The molecule has 2 aliphatic rings. The van der Waals surface area contributed by atoms with Crippen LogP contribution in [0.3, 0.4) is 0 Å². The van der Waals surface area contributed by atoms with Gasteiger partial charge in [-0.25, -0.2) is 0 Å². The van der Waals surface area contributed by atoms with Crippen molar-refractivity contribution in [1.29, 1.82) is 0 Å². The van der Waals surface area contributed by atoms with E-state index >= 15 is 0 Å². The molecule has 2 fully saturated rings. The van der Waals surface area contributed by atoms with E-state index in [1.165, 1.54) is 0 Å². The van der Waals surface area contributed by atoms with E-state index in [2.05, 4.69) is 10.2 Å². The number of benzene rings is 1. The minimum Gasteiger partial charge on any atom is -0.349 e. The molecule has 146 valence electrons. The fraction of sp³-hybridized carbons (Fsp3) is 0.550. The van der Waals surface area contributed by atoms with E-state index in [0.717, 1.165) is 44.6 Å². The van der Waals surface area contributed by atoms with E-state index in [0.29, 0.717) is 18.7 Å². The van der Waals surface area contributed by atoms with Crippen LogP contribution in [0.15, 0.2) is 24.3 Å². The maximum absolute atomic E-state index is 12.4. The monoisotopic (exact) mass is 372 g/mol. The highest BCUT2D eigenvalue weighted by molar-refractivity contribution is 5.97. The molecular formula is C20H28N4O3. The lowest BCUT2D eigenvalue weighted by Gasteiger charge is -2.31. The van der Waals surface area contributed by atoms with E-state index in [1.807, 2.05) is 24.3 Å². The van der Waals surface area contributed by atoms with Gasteiger partial charge in [-0.2, -0.15) is 0 Å². The first-order valence-corrected chi connectivity index (χ1v) is 9.58. The molecule has 0 unspecified atom stereocenters. The Labute approximate surface area is 160 Å². The number of rotatable bonds is 5. The van der Waals surface area contributed by atoms with Crippen molar-refractivity contribution in [2.75, 3.05) is 50.5 Å². The van der Waals surface area contributed by atoms with Crippen LogP contribution in [0.1, 0.15) is 25.7 Å². The summed E-state index contributed by atoms with van der Waals surface area (Å²) < 4.78 is 0. The van der Waals surface area contributed by atoms with Crippen LogP contribution in [0, 0.1) is 5.92 Å². The summed E-state index contributed by atoms with van der Waals surface area (Å²) in [5, 5.41) is 2.93. The molecule has 0 spiro atoms. The highest BCUT2D eigenvalue weighted by Gasteiger charge is 2.27. The van der Waals surface area contributed by atoms with Crippen molar-refractivity contribution in [1.82, 2.24) is 9.80 Å². The Kier molecular flexibility index (Phi) is 6.11. The van der Waals surface area contributed by atoms with Gasteiger partial charge < -0.3 is 15.1 Å². The SMILES string of the molecule is CN(C)C(=O)C1CCN(CC(=O)Nc2cccc(N3CCCC3=O)c2)CC1. The van der Waals surface area contributed by atoms with E-state index < -0.39 is 0 Å². The first-order chi connectivity index (χ1) is 12.9. The molecule has 2 heterocycles. The minimum atomic E-state index is -0.0720. The Morgan fingerprint density at radius 1 is 1.19 bits per heavy atom. The van der Waals surface area contributed by atoms with Gasteiger partial charge in [0.2, 0.25) is 17.7 Å². The zero-order chi connectivity index (χ0) is 19.4. The van der Waals surface area contributed by atoms with Gasteiger partial charge in [-0.05, 0) is 50.6 Å². The fourth-order valence-electron chi connectivity index (χ4n) is 3.78. The third-order valence-corrected chi connectivity index (χ3v) is 5.26. The summed E-state index contributed by atoms with van der Waals surface area (Å²) in [6, 6.07) is 7.44. The third-order valence-electron chi connectivity index (χ3n) is 5.26. The number of amides is 3. The second kappa shape index (κ2) is 8.52. The molecule has 2 aliphatic heterocycles. The van der Waals surface area contributed by atoms with Crippen LogP contribution in [0.5, 0.6) is 0 Å². The maximum Gasteiger partial charge on any atom is 0.238 e. The normalized spacial score (nSPS) is 18.6. The van der Waals surface area contributed by atoms with Gasteiger partial charge in [0.25, 0.3) is 0 Å². The number of hydrogen-bond donors (Lipinski definition) is 1. The van der Waals surface area contributed by atoms with Crippen LogP contribution in [-0.4, -0.2) is 67.8 Å². The molecule has 0 atom stereocenters. The summed E-state index contributed by atoms with van der Waals surface area (Å²) in [6.45, 7) is 2.55. The van der Waals surface area contributed by atoms with Crippen molar-refractivity contribution in [3.05, 3.63) is 24.3 Å². The van der Waals surface area contributed by atoms with E-state index in [1.54, 1.807) is 23.9 Å². The predicted molar refractivity (Wildman–Crippen MR) is 105 cm³/mol. The summed E-state index contributed by atoms with van der Waals surface area (Å²) in [5.74, 6) is 0.298. The van der Waals surface area contributed by atoms with Crippen molar-refractivity contribution < 1.29 is 14.4 Å². The molecule has 1 N–H and O–H groups in total. The molecule has 1 aromatic rings. The second-order valence-electron chi connectivity index (χ2n) is 7.53. The summed E-state index contributed by atoms with van der Waals surface area (Å²) in [4.78, 5) is 41.8. The zero-order valence-electron chi connectivity index (χ0n) is 16.1. The molecule has 0 aliphatic carbocycles. The average molecular weight is 372 g/mol. The van der Waals surface area contributed by atoms with Crippen LogP contribution in [-0.2, 0) is 14.4 Å². The van der Waals surface area contributed by atoms with Gasteiger partial charge in [0.15, 0.2) is 0 Å². The molecule has 0 saturated carbocycles. The molecule has 2 saturated heterocycles. The van der Waals surface area contributed by atoms with Crippen LogP contribution >= 0.6 is 0 Å². The Morgan fingerprint density at radius 3 is 2.56 bits per heavy atom. The van der Waals surface area contributed by atoms with Gasteiger partial charge in [0.05, 0.1) is 6.54 Å². The quantitative estimate of drug-likeness (QED) is 0.851. The summed E-state index contributed by atoms with van der Waals surface area (Å²) in [5.41, 5.74) is 1.54. The third kappa shape index (κ3) is 4.86. The Balaban J connectivity index is 1.50. The Bertz CT molecular complexity index is 711. The van der Waals surface area contributed by atoms with Gasteiger partial charge in [-0.3, -0.25) is 19.3 Å². The van der Waals surface area contributed by atoms with Gasteiger partial charge in [-0.1, -0.05) is 6.07 Å². The lowest BCUT2D eigenvalue weighted by Crippen LogP contribution is -2.43. The highest BCUT2D eigenvalue weighted by atomic mass is 16.2. The van der Waals surface area contributed by atoms with Crippen LogP contribution < -0.4 is 10.2 Å². The van der Waals surface area contributed by atoms with E-state index in [-0.39, 0.29) is 23.6 Å². The number of carbonyl (C=O) groups excluding carboxylic acids is 3. The summed E-state index contributed by atoms with van der Waals surface area (Å²) in [7, 11) is 3.57. The number of nitrogens with zero attached hydrogens (tertiary/aromatic N) is 3. The van der Waals surface area contributed by atoms with E-state index in [9.17, 15) is 14.4 Å². The molecule has 0 radical (unpaired) electrons. The molecule has 0 aromatic heterocycles. The molecule has 1 aromatic carbocycles. The number of carbonyl (C=O) groups is 3. The molecular weight excluding hydrogens is 344 g/mol. The van der Waals surface area contributed by atoms with Crippen molar-refractivity contribution >= 4 is 29.1 Å². The number of hydrogen-bond acceptors (Lipinski definition) is 4. The molecule has 3 amide bonds. The van der Waals surface area contributed by atoms with Crippen molar-refractivity contribution in [2.45, 2.75) is 25.7 Å². The number of nitrogens with one attached hydrogen (secondary N) is 1. The summed E-state index contributed by atoms with van der Waals surface area (Å²) in [6.07, 6.45) is 3.04. The molecule has 0 bridgehead atoms. The highest BCUT2D eigenvalue weighted by Crippen LogP contribution is 2.24. The van der Waals surface area contributed by atoms with Gasteiger partial charge in [0, 0.05) is 44.4 Å². The summed E-state index contributed by atoms with van der Waals surface area (Å²) >= 11 is 0. The minimum absolute atomic E-state index is 0.0639. The Hall–Kier alpha value is -2.41. The number of piperidine rings is 1.